The number of aromatic amines is 1. The average molecular weight is 432 g/mol. The highest BCUT2D eigenvalue weighted by Gasteiger charge is 2.49. The number of hydrogen-bond donors (Lipinski definition) is 1. The molecule has 0 fully saturated rings. The maximum atomic E-state index is 7.01. The number of nitrogens with one attached hydrogen (secondary N) is 1. The fourth-order valence-corrected chi connectivity index (χ4v) is 9.82. The molecule has 0 radical (unpaired) electrons. The number of benzene rings is 2. The van der Waals surface area contributed by atoms with Crippen LogP contribution in [0.4, 0.5) is 0 Å². The van der Waals surface area contributed by atoms with E-state index in [1.165, 1.54) is 47.4 Å². The van der Waals surface area contributed by atoms with Gasteiger partial charge in [-0.3, -0.25) is 0 Å². The van der Waals surface area contributed by atoms with Crippen molar-refractivity contribution >= 4 is 18.7 Å². The molecule has 1 aliphatic carbocycles. The van der Waals surface area contributed by atoms with E-state index >= 15 is 0 Å². The molecular formula is C28H37NOSi. The fraction of sp³-hybridized carbons (Fsp3) is 0.429. The van der Waals surface area contributed by atoms with Gasteiger partial charge in [-0.2, -0.15) is 0 Å². The lowest BCUT2D eigenvalue weighted by Crippen LogP contribution is -2.66. The standard InChI is InChI=1S/C28H37NOSi/c1-28(2,3)31(25-16-6-4-7-17-25,26-18-8-5-9-19-26)30-21-13-12-15-24-22-23-14-10-11-20-27(23)29-24/h4-9,16-19,22,29H,10-15,20-21H2,1-3H3. The highest BCUT2D eigenvalue weighted by Crippen LogP contribution is 2.36. The minimum atomic E-state index is -2.39. The molecule has 2 aromatic carbocycles. The van der Waals surface area contributed by atoms with Crippen molar-refractivity contribution in [2.75, 3.05) is 6.61 Å². The highest BCUT2D eigenvalue weighted by molar-refractivity contribution is 6.99. The van der Waals surface area contributed by atoms with E-state index < -0.39 is 8.32 Å². The second kappa shape index (κ2) is 9.58. The largest absolute Gasteiger partial charge is 0.407 e. The van der Waals surface area contributed by atoms with Crippen molar-refractivity contribution in [2.24, 2.45) is 0 Å². The van der Waals surface area contributed by atoms with Crippen molar-refractivity contribution in [3.05, 3.63) is 83.7 Å². The Balaban J connectivity index is 1.47. The van der Waals surface area contributed by atoms with Crippen LogP contribution in [0.15, 0.2) is 66.7 Å². The zero-order chi connectivity index (χ0) is 21.7. The highest BCUT2D eigenvalue weighted by atomic mass is 28.4. The summed E-state index contributed by atoms with van der Waals surface area (Å²) < 4.78 is 7.01. The van der Waals surface area contributed by atoms with E-state index in [0.29, 0.717) is 0 Å². The van der Waals surface area contributed by atoms with E-state index in [-0.39, 0.29) is 5.04 Å². The third kappa shape index (κ3) is 4.73. The Morgan fingerprint density at radius 1 is 0.839 bits per heavy atom. The van der Waals surface area contributed by atoms with Gasteiger partial charge in [-0.15, -0.1) is 0 Å². The van der Waals surface area contributed by atoms with Crippen LogP contribution in [-0.4, -0.2) is 19.9 Å². The number of unbranched alkanes of at least 4 members (excludes halogenated alkanes) is 1. The number of rotatable bonds is 8. The van der Waals surface area contributed by atoms with Gasteiger partial charge in [0.25, 0.3) is 8.32 Å². The molecule has 4 rings (SSSR count). The minimum absolute atomic E-state index is 0.0498. The Hall–Kier alpha value is -2.10. The molecule has 0 spiro atoms. The van der Waals surface area contributed by atoms with Gasteiger partial charge in [0.15, 0.2) is 0 Å². The molecule has 0 unspecified atom stereocenters. The second-order valence-corrected chi connectivity index (χ2v) is 14.3. The number of fused-ring (bicyclic) bond motifs is 1. The average Bonchev–Trinajstić information content (AvgIpc) is 3.19. The van der Waals surface area contributed by atoms with Crippen molar-refractivity contribution in [1.29, 1.82) is 0 Å². The van der Waals surface area contributed by atoms with Crippen LogP contribution < -0.4 is 10.4 Å². The minimum Gasteiger partial charge on any atom is -0.407 e. The molecular weight excluding hydrogens is 394 g/mol. The summed E-state index contributed by atoms with van der Waals surface area (Å²) in [5.41, 5.74) is 4.46. The maximum Gasteiger partial charge on any atom is 0.261 e. The Kier molecular flexibility index (Phi) is 6.83. The van der Waals surface area contributed by atoms with Gasteiger partial charge in [0.2, 0.25) is 0 Å². The lowest BCUT2D eigenvalue weighted by atomic mass is 9.98. The van der Waals surface area contributed by atoms with Crippen LogP contribution in [0.3, 0.4) is 0 Å². The summed E-state index contributed by atoms with van der Waals surface area (Å²) >= 11 is 0. The van der Waals surface area contributed by atoms with Gasteiger partial charge in [0.1, 0.15) is 0 Å². The Bertz CT molecular complexity index is 893. The third-order valence-corrected chi connectivity index (χ3v) is 11.8. The summed E-state index contributed by atoms with van der Waals surface area (Å²) in [6.45, 7) is 7.86. The van der Waals surface area contributed by atoms with Crippen LogP contribution in [0, 0.1) is 0 Å². The van der Waals surface area contributed by atoms with Crippen molar-refractivity contribution in [3.8, 4) is 0 Å². The number of H-pyrrole nitrogens is 1. The van der Waals surface area contributed by atoms with Crippen molar-refractivity contribution < 1.29 is 4.43 Å². The topological polar surface area (TPSA) is 25.0 Å². The first-order valence-electron chi connectivity index (χ1n) is 12.0. The van der Waals surface area contributed by atoms with E-state index in [9.17, 15) is 0 Å². The normalized spacial score (nSPS) is 14.4. The zero-order valence-electron chi connectivity index (χ0n) is 19.4. The molecule has 2 nitrogen and oxygen atoms in total. The summed E-state index contributed by atoms with van der Waals surface area (Å²) in [6, 6.07) is 24.3. The molecule has 0 aliphatic heterocycles. The van der Waals surface area contributed by atoms with Crippen LogP contribution in [0.2, 0.25) is 5.04 Å². The first-order valence-corrected chi connectivity index (χ1v) is 13.9. The van der Waals surface area contributed by atoms with Crippen LogP contribution in [0.25, 0.3) is 0 Å². The SMILES string of the molecule is CC(C)(C)[Si](OCCCCc1cc2c([nH]1)CCCC2)(c1ccccc1)c1ccccc1. The molecule has 1 aliphatic rings. The van der Waals surface area contributed by atoms with Gasteiger partial charge >= 0.3 is 0 Å². The van der Waals surface area contributed by atoms with Gasteiger partial charge < -0.3 is 9.41 Å². The van der Waals surface area contributed by atoms with Gasteiger partial charge in [0.05, 0.1) is 0 Å². The molecule has 3 heteroatoms. The van der Waals surface area contributed by atoms with E-state index in [1.807, 2.05) is 0 Å². The van der Waals surface area contributed by atoms with Gasteiger partial charge in [-0.05, 0) is 72.0 Å². The summed E-state index contributed by atoms with van der Waals surface area (Å²) in [4.78, 5) is 3.68. The van der Waals surface area contributed by atoms with E-state index in [1.54, 1.807) is 5.56 Å². The fourth-order valence-electron chi connectivity index (χ4n) is 5.21. The predicted molar refractivity (Wildman–Crippen MR) is 134 cm³/mol. The lowest BCUT2D eigenvalue weighted by Gasteiger charge is -2.43. The molecule has 0 saturated carbocycles. The molecule has 1 aromatic heterocycles. The first-order chi connectivity index (χ1) is 15.0. The van der Waals surface area contributed by atoms with Crippen molar-refractivity contribution in [1.82, 2.24) is 4.98 Å². The first kappa shape index (κ1) is 22.1. The van der Waals surface area contributed by atoms with E-state index in [0.717, 1.165) is 25.9 Å². The molecule has 0 bridgehead atoms. The quantitative estimate of drug-likeness (QED) is 0.354. The summed E-state index contributed by atoms with van der Waals surface area (Å²) in [7, 11) is -2.39. The summed E-state index contributed by atoms with van der Waals surface area (Å²) in [5, 5.41) is 2.78. The Morgan fingerprint density at radius 3 is 2.03 bits per heavy atom. The molecule has 1 N–H and O–H groups in total. The number of aromatic nitrogens is 1. The van der Waals surface area contributed by atoms with Crippen LogP contribution >= 0.6 is 0 Å². The molecule has 31 heavy (non-hydrogen) atoms. The van der Waals surface area contributed by atoms with E-state index in [4.69, 9.17) is 4.43 Å². The van der Waals surface area contributed by atoms with Gasteiger partial charge in [0, 0.05) is 18.0 Å². The molecule has 0 saturated heterocycles. The van der Waals surface area contributed by atoms with Crippen molar-refractivity contribution in [2.45, 2.75) is 70.8 Å². The van der Waals surface area contributed by atoms with Crippen LogP contribution in [0.5, 0.6) is 0 Å². The number of aryl methyl sites for hydroxylation is 3. The van der Waals surface area contributed by atoms with Crippen molar-refractivity contribution in [3.63, 3.8) is 0 Å². The molecule has 164 valence electrons. The van der Waals surface area contributed by atoms with Gasteiger partial charge in [-0.25, -0.2) is 0 Å². The second-order valence-electron chi connectivity index (χ2n) is 9.97. The predicted octanol–water partition coefficient (Wildman–Crippen LogP) is 5.79. The smallest absolute Gasteiger partial charge is 0.261 e. The third-order valence-electron chi connectivity index (χ3n) is 6.75. The molecule has 0 amide bonds. The Morgan fingerprint density at radius 2 is 1.45 bits per heavy atom. The summed E-state index contributed by atoms with van der Waals surface area (Å²) in [6.07, 6.45) is 8.54. The molecule has 0 atom stereocenters. The maximum absolute atomic E-state index is 7.01. The molecule has 3 aromatic rings. The number of hydrogen-bond acceptors (Lipinski definition) is 1. The molecule has 1 heterocycles. The lowest BCUT2D eigenvalue weighted by molar-refractivity contribution is 0.288. The zero-order valence-corrected chi connectivity index (χ0v) is 20.4. The summed E-state index contributed by atoms with van der Waals surface area (Å²) in [5.74, 6) is 0. The van der Waals surface area contributed by atoms with E-state index in [2.05, 4.69) is 92.5 Å². The van der Waals surface area contributed by atoms with Crippen LogP contribution in [0.1, 0.15) is 63.4 Å². The Labute approximate surface area is 189 Å². The monoisotopic (exact) mass is 431 g/mol. The van der Waals surface area contributed by atoms with Gasteiger partial charge in [-0.1, -0.05) is 81.4 Å². The van der Waals surface area contributed by atoms with Crippen LogP contribution in [-0.2, 0) is 23.7 Å².